The fourth-order valence-electron chi connectivity index (χ4n) is 2.29. The molecule has 2 aromatic rings. The van der Waals surface area contributed by atoms with Gasteiger partial charge in [-0.2, -0.15) is 0 Å². The second kappa shape index (κ2) is 8.78. The summed E-state index contributed by atoms with van der Waals surface area (Å²) < 4.78 is 16.1. The number of ether oxygens (including phenoxy) is 1. The highest BCUT2D eigenvalue weighted by molar-refractivity contribution is 7.84. The van der Waals surface area contributed by atoms with Crippen LogP contribution in [0.5, 0.6) is 0 Å². The first kappa shape index (κ1) is 19.1. The Bertz CT molecular complexity index is 792. The van der Waals surface area contributed by atoms with Crippen molar-refractivity contribution in [3.05, 3.63) is 64.7 Å². The van der Waals surface area contributed by atoms with Gasteiger partial charge in [-0.25, -0.2) is 0 Å². The van der Waals surface area contributed by atoms with Gasteiger partial charge < -0.3 is 10.1 Å². The number of esters is 1. The van der Waals surface area contributed by atoms with Crippen molar-refractivity contribution in [2.75, 3.05) is 13.4 Å². The minimum Gasteiger partial charge on any atom is -0.469 e. The van der Waals surface area contributed by atoms with Gasteiger partial charge in [-0.15, -0.1) is 0 Å². The Morgan fingerprint density at radius 2 is 1.80 bits per heavy atom. The highest BCUT2D eigenvalue weighted by Gasteiger charge is 2.21. The lowest BCUT2D eigenvalue weighted by Gasteiger charge is -2.19. The van der Waals surface area contributed by atoms with Crippen LogP contribution in [-0.2, 0) is 20.3 Å². The fraction of sp³-hybridized carbons (Fsp3) is 0.222. The van der Waals surface area contributed by atoms with Crippen LogP contribution < -0.4 is 5.32 Å². The van der Waals surface area contributed by atoms with Gasteiger partial charge in [0.05, 0.1) is 19.6 Å². The molecule has 132 valence electrons. The minimum absolute atomic E-state index is 0.0387. The van der Waals surface area contributed by atoms with Crippen LogP contribution in [0.4, 0.5) is 0 Å². The molecule has 0 saturated carbocycles. The molecule has 0 aliphatic heterocycles. The smallest absolute Gasteiger partial charge is 0.307 e. The number of rotatable bonds is 6. The molecule has 5 nitrogen and oxygen atoms in total. The molecule has 2 rings (SSSR count). The summed E-state index contributed by atoms with van der Waals surface area (Å²) in [4.78, 5) is 24.8. The molecule has 0 saturated heterocycles. The maximum atomic E-state index is 12.5. The number of carbonyl (C=O) groups excluding carboxylic acids is 2. The predicted molar refractivity (Wildman–Crippen MR) is 97.1 cm³/mol. The van der Waals surface area contributed by atoms with Gasteiger partial charge in [0.1, 0.15) is 0 Å². The number of halogens is 1. The molecule has 1 amide bonds. The number of benzene rings is 2. The zero-order valence-electron chi connectivity index (χ0n) is 13.8. The van der Waals surface area contributed by atoms with E-state index in [-0.39, 0.29) is 12.3 Å². The highest BCUT2D eigenvalue weighted by atomic mass is 35.5. The van der Waals surface area contributed by atoms with Crippen molar-refractivity contribution in [3.8, 4) is 0 Å². The van der Waals surface area contributed by atoms with Crippen molar-refractivity contribution >= 4 is 34.3 Å². The molecule has 0 unspecified atom stereocenters. The maximum absolute atomic E-state index is 12.5. The predicted octanol–water partition coefficient (Wildman–Crippen LogP) is 3.11. The molecule has 1 N–H and O–H groups in total. The molecule has 0 aromatic heterocycles. The van der Waals surface area contributed by atoms with E-state index in [0.29, 0.717) is 21.0 Å². The van der Waals surface area contributed by atoms with Crippen LogP contribution >= 0.6 is 11.6 Å². The topological polar surface area (TPSA) is 72.5 Å². The van der Waals surface area contributed by atoms with Crippen molar-refractivity contribution in [2.45, 2.75) is 17.4 Å². The average Bonchev–Trinajstić information content (AvgIpc) is 2.61. The molecule has 0 bridgehead atoms. The quantitative estimate of drug-likeness (QED) is 0.783. The third-order valence-electron chi connectivity index (χ3n) is 3.63. The van der Waals surface area contributed by atoms with Crippen LogP contribution in [0.15, 0.2) is 53.4 Å². The molecule has 7 heteroatoms. The average molecular weight is 380 g/mol. The van der Waals surface area contributed by atoms with Gasteiger partial charge >= 0.3 is 5.97 Å². The van der Waals surface area contributed by atoms with Crippen LogP contribution in [-0.4, -0.2) is 29.5 Å². The van der Waals surface area contributed by atoms with Crippen molar-refractivity contribution in [3.63, 3.8) is 0 Å². The van der Waals surface area contributed by atoms with Gasteiger partial charge in [0.2, 0.25) is 0 Å². The number of nitrogens with one attached hydrogen (secondary N) is 1. The lowest BCUT2D eigenvalue weighted by atomic mass is 10.0. The summed E-state index contributed by atoms with van der Waals surface area (Å²) in [6.07, 6.45) is 1.53. The third-order valence-corrected chi connectivity index (χ3v) is 4.91. The van der Waals surface area contributed by atoms with Gasteiger partial charge in [0, 0.05) is 32.5 Å². The maximum Gasteiger partial charge on any atom is 0.307 e. The molecule has 25 heavy (non-hydrogen) atoms. The fourth-order valence-corrected chi connectivity index (χ4v) is 3.07. The first-order chi connectivity index (χ1) is 11.9. The molecule has 0 aliphatic carbocycles. The highest BCUT2D eigenvalue weighted by Crippen LogP contribution is 2.26. The van der Waals surface area contributed by atoms with Crippen LogP contribution in [0.1, 0.15) is 28.4 Å². The third kappa shape index (κ3) is 5.14. The van der Waals surface area contributed by atoms with Crippen LogP contribution in [0.2, 0.25) is 5.02 Å². The van der Waals surface area contributed by atoms with Crippen molar-refractivity contribution < 1.29 is 18.5 Å². The Morgan fingerprint density at radius 1 is 1.16 bits per heavy atom. The Kier molecular flexibility index (Phi) is 6.73. The van der Waals surface area contributed by atoms with E-state index in [4.69, 9.17) is 16.3 Å². The summed E-state index contributed by atoms with van der Waals surface area (Å²) in [7, 11) is 0.176. The van der Waals surface area contributed by atoms with E-state index in [1.807, 2.05) is 0 Å². The summed E-state index contributed by atoms with van der Waals surface area (Å²) in [5.74, 6) is -0.816. The van der Waals surface area contributed by atoms with Crippen molar-refractivity contribution in [2.24, 2.45) is 0 Å². The van der Waals surface area contributed by atoms with Gasteiger partial charge in [0.15, 0.2) is 0 Å². The Balaban J connectivity index is 2.23. The number of amides is 1. The number of carbonyl (C=O) groups is 2. The lowest BCUT2D eigenvalue weighted by molar-refractivity contribution is -0.141. The molecular weight excluding hydrogens is 362 g/mol. The monoisotopic (exact) mass is 379 g/mol. The molecule has 0 aliphatic rings. The molecule has 0 radical (unpaired) electrons. The molecule has 0 fully saturated rings. The second-order valence-electron chi connectivity index (χ2n) is 5.31. The summed E-state index contributed by atoms with van der Waals surface area (Å²) >= 11 is 6.19. The zero-order chi connectivity index (χ0) is 18.4. The van der Waals surface area contributed by atoms with Gasteiger partial charge in [0.25, 0.3) is 5.91 Å². The molecular formula is C18H18ClNO4S. The van der Waals surface area contributed by atoms with E-state index in [0.717, 1.165) is 0 Å². The molecule has 0 spiro atoms. The van der Waals surface area contributed by atoms with Crippen molar-refractivity contribution in [1.29, 1.82) is 0 Å². The van der Waals surface area contributed by atoms with Crippen LogP contribution in [0, 0.1) is 0 Å². The number of hydrogen-bond donors (Lipinski definition) is 1. The van der Waals surface area contributed by atoms with E-state index in [9.17, 15) is 13.8 Å². The van der Waals surface area contributed by atoms with E-state index in [1.54, 1.807) is 54.8 Å². The standard InChI is InChI=1S/C18H18ClNO4S/c1-24-17(21)11-16(14-5-3-4-6-15(14)19)20-18(22)12-7-9-13(10-8-12)25(2)23/h3-10,16H,11H2,1-2H3,(H,20,22)/t16-,25+/m1/s1. The SMILES string of the molecule is COC(=O)C[C@@H](NC(=O)c1ccc([S@](C)=O)cc1)c1ccccc1Cl. The van der Waals surface area contributed by atoms with Crippen molar-refractivity contribution in [1.82, 2.24) is 5.32 Å². The second-order valence-corrected chi connectivity index (χ2v) is 7.09. The minimum atomic E-state index is -1.11. The van der Waals surface area contributed by atoms with Gasteiger partial charge in [-0.1, -0.05) is 29.8 Å². The van der Waals surface area contributed by atoms with E-state index in [1.165, 1.54) is 7.11 Å². The lowest BCUT2D eigenvalue weighted by Crippen LogP contribution is -2.30. The van der Waals surface area contributed by atoms with Gasteiger partial charge in [-0.3, -0.25) is 13.8 Å². The molecule has 2 atom stereocenters. The largest absolute Gasteiger partial charge is 0.469 e. The van der Waals surface area contributed by atoms with Gasteiger partial charge in [-0.05, 0) is 35.9 Å². The Hall–Kier alpha value is -2.18. The molecule has 2 aromatic carbocycles. The summed E-state index contributed by atoms with van der Waals surface area (Å²) in [6, 6.07) is 12.8. The van der Waals surface area contributed by atoms with E-state index >= 15 is 0 Å². The van der Waals surface area contributed by atoms with E-state index in [2.05, 4.69) is 5.32 Å². The summed E-state index contributed by atoms with van der Waals surface area (Å²) in [5.41, 5.74) is 1.03. The number of methoxy groups -OCH3 is 1. The zero-order valence-corrected chi connectivity index (χ0v) is 15.4. The normalized spacial score (nSPS) is 12.9. The number of hydrogen-bond acceptors (Lipinski definition) is 4. The first-order valence-corrected chi connectivity index (χ1v) is 9.41. The molecule has 0 heterocycles. The Morgan fingerprint density at radius 3 is 2.36 bits per heavy atom. The first-order valence-electron chi connectivity index (χ1n) is 7.48. The Labute approximate surface area is 153 Å². The van der Waals surface area contributed by atoms with Crippen LogP contribution in [0.3, 0.4) is 0 Å². The summed E-state index contributed by atoms with van der Waals surface area (Å²) in [6.45, 7) is 0. The van der Waals surface area contributed by atoms with Crippen LogP contribution in [0.25, 0.3) is 0 Å². The summed E-state index contributed by atoms with van der Waals surface area (Å²) in [5, 5.41) is 3.26. The van der Waals surface area contributed by atoms with E-state index < -0.39 is 22.8 Å².